The van der Waals surface area contributed by atoms with Crippen molar-refractivity contribution in [1.29, 1.82) is 0 Å². The summed E-state index contributed by atoms with van der Waals surface area (Å²) in [7, 11) is 0. The van der Waals surface area contributed by atoms with E-state index in [0.29, 0.717) is 16.7 Å². The third kappa shape index (κ3) is 6.90. The summed E-state index contributed by atoms with van der Waals surface area (Å²) in [5.74, 6) is -0.974. The van der Waals surface area contributed by atoms with Crippen LogP contribution in [-0.2, 0) is 16.6 Å². The number of aryl methyl sites for hydroxylation is 1. The van der Waals surface area contributed by atoms with Gasteiger partial charge in [0.05, 0.1) is 5.41 Å². The molecule has 2 rings (SSSR count). The van der Waals surface area contributed by atoms with E-state index in [-0.39, 0.29) is 15.6 Å². The highest BCUT2D eigenvalue weighted by molar-refractivity contribution is 6.34. The lowest BCUT2D eigenvalue weighted by Crippen LogP contribution is -2.41. The van der Waals surface area contributed by atoms with Gasteiger partial charge in [-0.2, -0.15) is 26.3 Å². The van der Waals surface area contributed by atoms with Gasteiger partial charge < -0.3 is 5.32 Å². The van der Waals surface area contributed by atoms with Crippen LogP contribution in [0.1, 0.15) is 29.2 Å². The van der Waals surface area contributed by atoms with Gasteiger partial charge in [-0.1, -0.05) is 41.4 Å². The Labute approximate surface area is 191 Å². The lowest BCUT2D eigenvalue weighted by molar-refractivity contribution is -0.185. The van der Waals surface area contributed by atoms with Crippen LogP contribution in [0.3, 0.4) is 0 Å². The zero-order chi connectivity index (χ0) is 24.3. The number of halogens is 8. The number of hydrogen-bond donors (Lipinski definition) is 1. The van der Waals surface area contributed by atoms with E-state index in [1.54, 1.807) is 24.4 Å². The van der Waals surface area contributed by atoms with E-state index in [1.165, 1.54) is 30.3 Å². The molecule has 10 heteroatoms. The van der Waals surface area contributed by atoms with Gasteiger partial charge in [-0.25, -0.2) is 0 Å². The number of benzene rings is 2. The SMILES string of the molecule is Cc1ccc(/C=C/C(=O)NCC(F)(F)F)cc1CC(C)(c1cc(Cl)cc(Cl)c1)C(F)(F)F. The largest absolute Gasteiger partial charge is 0.405 e. The molecule has 1 atom stereocenters. The van der Waals surface area contributed by atoms with E-state index in [0.717, 1.165) is 13.0 Å². The Morgan fingerprint density at radius 2 is 1.59 bits per heavy atom. The van der Waals surface area contributed by atoms with Crippen LogP contribution in [0.5, 0.6) is 0 Å². The summed E-state index contributed by atoms with van der Waals surface area (Å²) >= 11 is 11.8. The van der Waals surface area contributed by atoms with Crippen LogP contribution in [0.15, 0.2) is 42.5 Å². The summed E-state index contributed by atoms with van der Waals surface area (Å²) in [6, 6.07) is 8.34. The number of carbonyl (C=O) groups excluding carboxylic acids is 1. The molecule has 0 fully saturated rings. The second kappa shape index (κ2) is 9.75. The monoisotopic (exact) mass is 497 g/mol. The summed E-state index contributed by atoms with van der Waals surface area (Å²) in [6.45, 7) is 1.20. The molecule has 2 nitrogen and oxygen atoms in total. The predicted molar refractivity (Wildman–Crippen MR) is 113 cm³/mol. The number of carbonyl (C=O) groups is 1. The Morgan fingerprint density at radius 1 is 1.00 bits per heavy atom. The third-order valence-corrected chi connectivity index (χ3v) is 5.37. The summed E-state index contributed by atoms with van der Waals surface area (Å²) in [5, 5.41) is 1.83. The minimum atomic E-state index is -4.64. The lowest BCUT2D eigenvalue weighted by Gasteiger charge is -2.33. The van der Waals surface area contributed by atoms with Gasteiger partial charge in [0.2, 0.25) is 5.91 Å². The number of nitrogens with one attached hydrogen (secondary N) is 1. The van der Waals surface area contributed by atoms with Crippen molar-refractivity contribution in [3.63, 3.8) is 0 Å². The molecule has 0 radical (unpaired) electrons. The molecule has 32 heavy (non-hydrogen) atoms. The molecule has 0 spiro atoms. The minimum absolute atomic E-state index is 0.0706. The van der Waals surface area contributed by atoms with Gasteiger partial charge in [-0.15, -0.1) is 0 Å². The van der Waals surface area contributed by atoms with Gasteiger partial charge in [0.15, 0.2) is 0 Å². The lowest BCUT2D eigenvalue weighted by atomic mass is 9.75. The minimum Gasteiger partial charge on any atom is -0.343 e. The topological polar surface area (TPSA) is 29.1 Å². The zero-order valence-corrected chi connectivity index (χ0v) is 18.5. The van der Waals surface area contributed by atoms with Crippen LogP contribution < -0.4 is 5.32 Å². The highest BCUT2D eigenvalue weighted by Crippen LogP contribution is 2.45. The van der Waals surface area contributed by atoms with Crippen molar-refractivity contribution in [1.82, 2.24) is 5.32 Å². The molecule has 0 aliphatic heterocycles. The molecule has 0 heterocycles. The maximum atomic E-state index is 14.2. The molecule has 2 aromatic rings. The summed E-state index contributed by atoms with van der Waals surface area (Å²) < 4.78 is 79.0. The van der Waals surface area contributed by atoms with Gasteiger partial charge in [-0.05, 0) is 66.8 Å². The van der Waals surface area contributed by atoms with Crippen molar-refractivity contribution < 1.29 is 31.1 Å². The van der Waals surface area contributed by atoms with Crippen molar-refractivity contribution in [2.45, 2.75) is 38.0 Å². The number of amides is 1. The fourth-order valence-corrected chi connectivity index (χ4v) is 3.55. The van der Waals surface area contributed by atoms with E-state index in [1.807, 2.05) is 0 Å². The Bertz CT molecular complexity index is 996. The van der Waals surface area contributed by atoms with Crippen LogP contribution in [0.2, 0.25) is 10.0 Å². The molecular formula is C22H19Cl2F6NO. The second-order valence-corrected chi connectivity index (χ2v) is 8.39. The summed E-state index contributed by atoms with van der Waals surface area (Å²) in [4.78, 5) is 11.6. The van der Waals surface area contributed by atoms with Crippen LogP contribution in [0.4, 0.5) is 26.3 Å². The van der Waals surface area contributed by atoms with Gasteiger partial charge in [0.1, 0.15) is 6.54 Å². The molecule has 0 saturated heterocycles. The normalized spacial score (nSPS) is 14.4. The first-order chi connectivity index (χ1) is 14.6. The summed E-state index contributed by atoms with van der Waals surface area (Å²) in [5.41, 5.74) is -1.14. The Morgan fingerprint density at radius 3 is 2.12 bits per heavy atom. The van der Waals surface area contributed by atoms with E-state index in [4.69, 9.17) is 23.2 Å². The maximum absolute atomic E-state index is 14.2. The first-order valence-electron chi connectivity index (χ1n) is 9.26. The van der Waals surface area contributed by atoms with Crippen LogP contribution in [0.25, 0.3) is 6.08 Å². The Hall–Kier alpha value is -2.19. The number of hydrogen-bond acceptors (Lipinski definition) is 1. The first kappa shape index (κ1) is 26.1. The molecular weight excluding hydrogens is 479 g/mol. The molecule has 1 N–H and O–H groups in total. The van der Waals surface area contributed by atoms with E-state index < -0.39 is 36.6 Å². The van der Waals surface area contributed by atoms with Crippen molar-refractivity contribution >= 4 is 35.2 Å². The highest BCUT2D eigenvalue weighted by atomic mass is 35.5. The van der Waals surface area contributed by atoms with Crippen LogP contribution >= 0.6 is 23.2 Å². The average Bonchev–Trinajstić information content (AvgIpc) is 2.64. The highest BCUT2D eigenvalue weighted by Gasteiger charge is 2.52. The molecule has 1 amide bonds. The Kier molecular flexibility index (Phi) is 7.94. The standard InChI is InChI=1S/C22H19Cl2F6NO/c1-13-3-4-14(5-6-19(32)31-12-21(25,26)27)7-15(13)11-20(2,22(28,29)30)16-8-17(23)10-18(24)9-16/h3-10H,11-12H2,1-2H3,(H,31,32)/b6-5+. The molecule has 174 valence electrons. The van der Waals surface area contributed by atoms with E-state index >= 15 is 0 Å². The van der Waals surface area contributed by atoms with Gasteiger partial charge in [0, 0.05) is 16.1 Å². The Balaban J connectivity index is 2.35. The fourth-order valence-electron chi connectivity index (χ4n) is 3.02. The van der Waals surface area contributed by atoms with E-state index in [2.05, 4.69) is 0 Å². The quantitative estimate of drug-likeness (QED) is 0.336. The van der Waals surface area contributed by atoms with Crippen molar-refractivity contribution in [2.75, 3.05) is 6.54 Å². The van der Waals surface area contributed by atoms with Crippen LogP contribution in [0, 0.1) is 6.92 Å². The molecule has 2 aromatic carbocycles. The van der Waals surface area contributed by atoms with Gasteiger partial charge in [0.25, 0.3) is 0 Å². The molecule has 0 aliphatic rings. The predicted octanol–water partition coefficient (Wildman–Crippen LogP) is 7.06. The zero-order valence-electron chi connectivity index (χ0n) is 17.0. The molecule has 0 aliphatic carbocycles. The molecule has 0 saturated carbocycles. The van der Waals surface area contributed by atoms with Crippen molar-refractivity contribution in [3.8, 4) is 0 Å². The maximum Gasteiger partial charge on any atom is 0.405 e. The molecule has 0 bridgehead atoms. The van der Waals surface area contributed by atoms with Gasteiger partial charge in [-0.3, -0.25) is 4.79 Å². The number of alkyl halides is 6. The van der Waals surface area contributed by atoms with Crippen LogP contribution in [-0.4, -0.2) is 24.8 Å². The number of rotatable bonds is 6. The first-order valence-corrected chi connectivity index (χ1v) is 10.0. The smallest absolute Gasteiger partial charge is 0.343 e. The second-order valence-electron chi connectivity index (χ2n) is 7.52. The molecule has 0 aromatic heterocycles. The van der Waals surface area contributed by atoms with Gasteiger partial charge >= 0.3 is 12.4 Å². The van der Waals surface area contributed by atoms with Crippen molar-refractivity contribution in [2.24, 2.45) is 0 Å². The molecule has 1 unspecified atom stereocenters. The fraction of sp³-hybridized carbons (Fsp3) is 0.318. The average molecular weight is 498 g/mol. The third-order valence-electron chi connectivity index (χ3n) is 4.93. The van der Waals surface area contributed by atoms with E-state index in [9.17, 15) is 31.1 Å². The summed E-state index contributed by atoms with van der Waals surface area (Å²) in [6.07, 6.45) is -7.51. The van der Waals surface area contributed by atoms with Crippen molar-refractivity contribution in [3.05, 3.63) is 74.8 Å².